The predicted octanol–water partition coefficient (Wildman–Crippen LogP) is 4.43. The van der Waals surface area contributed by atoms with Crippen LogP contribution < -0.4 is 0 Å². The molecule has 0 aromatic heterocycles. The minimum Gasteiger partial charge on any atom is -0.508 e. The van der Waals surface area contributed by atoms with Gasteiger partial charge < -0.3 is 5.11 Å². The molecule has 0 bridgehead atoms. The number of phenols is 1. The summed E-state index contributed by atoms with van der Waals surface area (Å²) in [5.74, 6) is 0.294. The van der Waals surface area contributed by atoms with Crippen molar-refractivity contribution in [1.82, 2.24) is 0 Å². The van der Waals surface area contributed by atoms with Crippen LogP contribution in [0.4, 0.5) is 0 Å². The van der Waals surface area contributed by atoms with Crippen LogP contribution in [0.3, 0.4) is 0 Å². The number of aryl methyl sites for hydroxylation is 1. The lowest BCUT2D eigenvalue weighted by Crippen LogP contribution is -1.72. The zero-order chi connectivity index (χ0) is 12.8. The van der Waals surface area contributed by atoms with Crippen LogP contribution in [0.15, 0.2) is 60.7 Å². The second-order valence-electron chi connectivity index (χ2n) is 4.22. The molecular weight excluding hydrogens is 220 g/mol. The van der Waals surface area contributed by atoms with Crippen molar-refractivity contribution in [1.29, 1.82) is 0 Å². The quantitative estimate of drug-likeness (QED) is 0.782. The van der Waals surface area contributed by atoms with Gasteiger partial charge in [0, 0.05) is 0 Å². The highest BCUT2D eigenvalue weighted by Gasteiger charge is 1.87. The van der Waals surface area contributed by atoms with E-state index in [-0.39, 0.29) is 0 Å². The van der Waals surface area contributed by atoms with Crippen molar-refractivity contribution in [3.63, 3.8) is 0 Å². The fraction of sp³-hybridized carbons (Fsp3) is 0.0588. The highest BCUT2D eigenvalue weighted by molar-refractivity contribution is 5.57. The van der Waals surface area contributed by atoms with E-state index in [1.54, 1.807) is 12.1 Å². The number of hydrogen-bond donors (Lipinski definition) is 1. The van der Waals surface area contributed by atoms with E-state index in [2.05, 4.69) is 37.3 Å². The van der Waals surface area contributed by atoms with E-state index >= 15 is 0 Å². The van der Waals surface area contributed by atoms with Gasteiger partial charge >= 0.3 is 0 Å². The average Bonchev–Trinajstić information content (AvgIpc) is 2.39. The first-order valence-electron chi connectivity index (χ1n) is 5.94. The summed E-state index contributed by atoms with van der Waals surface area (Å²) in [6.45, 7) is 2.08. The van der Waals surface area contributed by atoms with E-state index in [0.29, 0.717) is 5.75 Å². The van der Waals surface area contributed by atoms with Crippen molar-refractivity contribution >= 4 is 12.2 Å². The largest absolute Gasteiger partial charge is 0.508 e. The van der Waals surface area contributed by atoms with E-state index in [1.165, 1.54) is 11.1 Å². The SMILES string of the molecule is Cc1ccc(/C=C/C=C/c2ccc(O)cc2)cc1. The zero-order valence-electron chi connectivity index (χ0n) is 10.4. The van der Waals surface area contributed by atoms with E-state index in [0.717, 1.165) is 5.56 Å². The summed E-state index contributed by atoms with van der Waals surface area (Å²) >= 11 is 0. The Bertz CT molecular complexity index is 492. The standard InChI is InChI=1S/C17H16O/c1-14-6-8-15(9-7-14)4-2-3-5-16-10-12-17(18)13-11-16/h2-13,18H,1H3/b4-2+,5-3+. The first-order valence-corrected chi connectivity index (χ1v) is 5.94. The van der Waals surface area contributed by atoms with Gasteiger partial charge in [-0.25, -0.2) is 0 Å². The average molecular weight is 236 g/mol. The summed E-state index contributed by atoms with van der Waals surface area (Å²) in [7, 11) is 0. The van der Waals surface area contributed by atoms with Gasteiger partial charge in [-0.15, -0.1) is 0 Å². The number of aromatic hydroxyl groups is 1. The Morgan fingerprint density at radius 1 is 0.722 bits per heavy atom. The molecule has 0 aliphatic carbocycles. The number of hydrogen-bond acceptors (Lipinski definition) is 1. The summed E-state index contributed by atoms with van der Waals surface area (Å²) < 4.78 is 0. The molecule has 2 aromatic carbocycles. The minimum atomic E-state index is 0.294. The van der Waals surface area contributed by atoms with Gasteiger partial charge in [0.15, 0.2) is 0 Å². The van der Waals surface area contributed by atoms with Crippen molar-refractivity contribution in [3.8, 4) is 5.75 Å². The van der Waals surface area contributed by atoms with Crippen LogP contribution in [0.1, 0.15) is 16.7 Å². The monoisotopic (exact) mass is 236 g/mol. The Morgan fingerprint density at radius 2 is 1.17 bits per heavy atom. The molecule has 0 atom stereocenters. The Hall–Kier alpha value is -2.28. The van der Waals surface area contributed by atoms with E-state index in [9.17, 15) is 0 Å². The first-order chi connectivity index (χ1) is 8.74. The molecule has 0 saturated heterocycles. The van der Waals surface area contributed by atoms with Gasteiger partial charge in [0.1, 0.15) is 5.75 Å². The normalized spacial score (nSPS) is 11.4. The summed E-state index contributed by atoms with van der Waals surface area (Å²) in [4.78, 5) is 0. The molecule has 0 unspecified atom stereocenters. The second kappa shape index (κ2) is 5.87. The van der Waals surface area contributed by atoms with Gasteiger partial charge in [-0.3, -0.25) is 0 Å². The maximum absolute atomic E-state index is 9.16. The zero-order valence-corrected chi connectivity index (χ0v) is 10.4. The molecule has 0 fully saturated rings. The van der Waals surface area contributed by atoms with Gasteiger partial charge in [-0.2, -0.15) is 0 Å². The molecule has 0 radical (unpaired) electrons. The smallest absolute Gasteiger partial charge is 0.115 e. The van der Waals surface area contributed by atoms with E-state index in [4.69, 9.17) is 5.11 Å². The lowest BCUT2D eigenvalue weighted by Gasteiger charge is -1.94. The van der Waals surface area contributed by atoms with Crippen molar-refractivity contribution in [3.05, 3.63) is 77.4 Å². The molecule has 1 heteroatoms. The molecule has 0 heterocycles. The molecule has 90 valence electrons. The molecule has 2 rings (SSSR count). The van der Waals surface area contributed by atoms with Crippen LogP contribution in [0.2, 0.25) is 0 Å². The van der Waals surface area contributed by atoms with Crippen LogP contribution in [0.5, 0.6) is 5.75 Å². The van der Waals surface area contributed by atoms with Gasteiger partial charge in [0.05, 0.1) is 0 Å². The number of phenolic OH excluding ortho intramolecular Hbond substituents is 1. The second-order valence-corrected chi connectivity index (χ2v) is 4.22. The van der Waals surface area contributed by atoms with Gasteiger partial charge in [-0.1, -0.05) is 66.3 Å². The lowest BCUT2D eigenvalue weighted by atomic mass is 10.1. The molecule has 0 aliphatic heterocycles. The van der Waals surface area contributed by atoms with Crippen LogP contribution in [0.25, 0.3) is 12.2 Å². The van der Waals surface area contributed by atoms with Crippen LogP contribution in [0, 0.1) is 6.92 Å². The number of rotatable bonds is 3. The molecule has 0 amide bonds. The fourth-order valence-corrected chi connectivity index (χ4v) is 1.60. The minimum absolute atomic E-state index is 0.294. The van der Waals surface area contributed by atoms with Crippen LogP contribution in [-0.4, -0.2) is 5.11 Å². The van der Waals surface area contributed by atoms with Gasteiger partial charge in [0.25, 0.3) is 0 Å². The Morgan fingerprint density at radius 3 is 1.67 bits per heavy atom. The van der Waals surface area contributed by atoms with Crippen molar-refractivity contribution in [2.75, 3.05) is 0 Å². The van der Waals surface area contributed by atoms with Crippen molar-refractivity contribution in [2.45, 2.75) is 6.92 Å². The number of allylic oxidation sites excluding steroid dienone is 2. The summed E-state index contributed by atoms with van der Waals surface area (Å²) in [6.07, 6.45) is 8.07. The van der Waals surface area contributed by atoms with Crippen LogP contribution >= 0.6 is 0 Å². The highest BCUT2D eigenvalue weighted by atomic mass is 16.3. The van der Waals surface area contributed by atoms with E-state index in [1.807, 2.05) is 30.4 Å². The topological polar surface area (TPSA) is 20.2 Å². The molecule has 1 N–H and O–H groups in total. The van der Waals surface area contributed by atoms with Crippen molar-refractivity contribution in [2.24, 2.45) is 0 Å². The maximum Gasteiger partial charge on any atom is 0.115 e. The molecule has 1 nitrogen and oxygen atoms in total. The number of benzene rings is 2. The maximum atomic E-state index is 9.16. The molecule has 0 saturated carbocycles. The predicted molar refractivity (Wildman–Crippen MR) is 77.4 cm³/mol. The Kier molecular flexibility index (Phi) is 3.98. The fourth-order valence-electron chi connectivity index (χ4n) is 1.60. The highest BCUT2D eigenvalue weighted by Crippen LogP contribution is 2.11. The first kappa shape index (κ1) is 12.2. The van der Waals surface area contributed by atoms with Crippen molar-refractivity contribution < 1.29 is 5.11 Å². The molecular formula is C17H16O. The summed E-state index contributed by atoms with van der Waals surface area (Å²) in [5.41, 5.74) is 3.53. The molecule has 0 spiro atoms. The Balaban J connectivity index is 1.98. The molecule has 0 aliphatic rings. The lowest BCUT2D eigenvalue weighted by molar-refractivity contribution is 0.475. The summed E-state index contributed by atoms with van der Waals surface area (Å²) in [5, 5.41) is 9.16. The van der Waals surface area contributed by atoms with Crippen LogP contribution in [-0.2, 0) is 0 Å². The van der Waals surface area contributed by atoms with E-state index < -0.39 is 0 Å². The molecule has 18 heavy (non-hydrogen) atoms. The molecule has 2 aromatic rings. The van der Waals surface area contributed by atoms with Gasteiger partial charge in [0.2, 0.25) is 0 Å². The third kappa shape index (κ3) is 3.63. The summed E-state index contributed by atoms with van der Waals surface area (Å²) in [6, 6.07) is 15.5. The third-order valence-corrected chi connectivity index (χ3v) is 2.66. The van der Waals surface area contributed by atoms with Gasteiger partial charge in [-0.05, 0) is 30.2 Å². The Labute approximate surface area is 108 Å². The third-order valence-electron chi connectivity index (χ3n) is 2.66.